The van der Waals surface area contributed by atoms with Gasteiger partial charge in [0.15, 0.2) is 5.82 Å². The van der Waals surface area contributed by atoms with Gasteiger partial charge in [0.25, 0.3) is 0 Å². The maximum absolute atomic E-state index is 15.6. The van der Waals surface area contributed by atoms with E-state index in [1.807, 2.05) is 26.0 Å². The predicted octanol–water partition coefficient (Wildman–Crippen LogP) is 5.80. The van der Waals surface area contributed by atoms with Gasteiger partial charge in [0.2, 0.25) is 0 Å². The van der Waals surface area contributed by atoms with Crippen molar-refractivity contribution in [2.45, 2.75) is 45.6 Å². The Morgan fingerprint density at radius 2 is 1.78 bits per heavy atom. The number of nitrogens with zero attached hydrogens (tertiary/aromatic N) is 6. The molecule has 3 aromatic heterocycles. The van der Waals surface area contributed by atoms with Crippen molar-refractivity contribution in [1.29, 1.82) is 0 Å². The van der Waals surface area contributed by atoms with Gasteiger partial charge in [-0.25, -0.2) is 23.7 Å². The van der Waals surface area contributed by atoms with Gasteiger partial charge in [0.05, 0.1) is 11.0 Å². The van der Waals surface area contributed by atoms with Crippen LogP contribution in [-0.2, 0) is 0 Å². The zero-order valence-electron chi connectivity index (χ0n) is 21.2. The van der Waals surface area contributed by atoms with Crippen LogP contribution >= 0.6 is 0 Å². The van der Waals surface area contributed by atoms with Gasteiger partial charge < -0.3 is 14.4 Å². The molecule has 1 aromatic carbocycles. The fourth-order valence-electron chi connectivity index (χ4n) is 5.16. The highest BCUT2D eigenvalue weighted by atomic mass is 19.1. The molecule has 0 spiro atoms. The smallest absolute Gasteiger partial charge is 0.153 e. The second-order valence-electron chi connectivity index (χ2n) is 9.81. The Balaban J connectivity index is 1.65. The fourth-order valence-corrected chi connectivity index (χ4v) is 5.16. The topological polar surface area (TPSA) is 50.1 Å². The summed E-state index contributed by atoms with van der Waals surface area (Å²) in [6.45, 7) is 9.21. The van der Waals surface area contributed by atoms with Crippen molar-refractivity contribution in [3.63, 3.8) is 0 Å². The van der Waals surface area contributed by atoms with Gasteiger partial charge in [-0.05, 0) is 49.1 Å². The van der Waals surface area contributed by atoms with E-state index < -0.39 is 11.6 Å². The lowest BCUT2D eigenvalue weighted by atomic mass is 10.0. The van der Waals surface area contributed by atoms with Crippen molar-refractivity contribution < 1.29 is 8.78 Å². The first-order valence-electron chi connectivity index (χ1n) is 12.6. The summed E-state index contributed by atoms with van der Waals surface area (Å²) < 4.78 is 32.3. The van der Waals surface area contributed by atoms with Gasteiger partial charge in [-0.3, -0.25) is 0 Å². The maximum atomic E-state index is 15.6. The summed E-state index contributed by atoms with van der Waals surface area (Å²) in [5.41, 5.74) is 3.14. The van der Waals surface area contributed by atoms with Crippen LogP contribution in [0.3, 0.4) is 0 Å². The molecular weight excluding hydrogens is 458 g/mol. The first kappa shape index (κ1) is 24.3. The van der Waals surface area contributed by atoms with E-state index in [9.17, 15) is 0 Å². The number of rotatable bonds is 6. The van der Waals surface area contributed by atoms with Crippen molar-refractivity contribution in [2.24, 2.45) is 0 Å². The van der Waals surface area contributed by atoms with E-state index in [0.717, 1.165) is 49.4 Å². The lowest BCUT2D eigenvalue weighted by Crippen LogP contribution is -2.43. The van der Waals surface area contributed by atoms with E-state index in [1.165, 1.54) is 18.5 Å². The van der Waals surface area contributed by atoms with Crippen LogP contribution in [0.5, 0.6) is 0 Å². The monoisotopic (exact) mass is 490 g/mol. The molecule has 0 aliphatic carbocycles. The molecule has 6 nitrogen and oxygen atoms in total. The van der Waals surface area contributed by atoms with Gasteiger partial charge in [0.1, 0.15) is 23.6 Å². The highest BCUT2D eigenvalue weighted by Crippen LogP contribution is 2.35. The Kier molecular flexibility index (Phi) is 6.71. The molecule has 36 heavy (non-hydrogen) atoms. The third-order valence-corrected chi connectivity index (χ3v) is 7.38. The molecule has 1 aliphatic heterocycles. The summed E-state index contributed by atoms with van der Waals surface area (Å²) in [4.78, 5) is 18.0. The number of hydrogen-bond donors (Lipinski definition) is 0. The third-order valence-electron chi connectivity index (χ3n) is 7.38. The van der Waals surface area contributed by atoms with Gasteiger partial charge in [-0.15, -0.1) is 0 Å². The third kappa shape index (κ3) is 4.34. The minimum absolute atomic E-state index is 0.0781. The SMILES string of the molecule is CCN1CCC(N(C)c2ccc3c(n2)c(-c2cncnc2)cn3-c2c(F)ccc(C(C)C)c2F)CC1. The lowest BCUT2D eigenvalue weighted by Gasteiger charge is -2.36. The van der Waals surface area contributed by atoms with Crippen LogP contribution < -0.4 is 4.90 Å². The van der Waals surface area contributed by atoms with Crippen LogP contribution in [0.25, 0.3) is 27.8 Å². The Bertz CT molecular complexity index is 1360. The van der Waals surface area contributed by atoms with E-state index in [-0.39, 0.29) is 11.6 Å². The number of piperidine rings is 1. The first-order valence-corrected chi connectivity index (χ1v) is 12.6. The number of benzene rings is 1. The molecule has 0 bridgehead atoms. The van der Waals surface area contributed by atoms with Crippen molar-refractivity contribution in [3.8, 4) is 16.8 Å². The van der Waals surface area contributed by atoms with Gasteiger partial charge in [0, 0.05) is 55.9 Å². The molecule has 1 fully saturated rings. The summed E-state index contributed by atoms with van der Waals surface area (Å²) in [6, 6.07) is 7.09. The van der Waals surface area contributed by atoms with Gasteiger partial charge in [-0.2, -0.15) is 0 Å². The lowest BCUT2D eigenvalue weighted by molar-refractivity contribution is 0.220. The number of aromatic nitrogens is 4. The highest BCUT2D eigenvalue weighted by molar-refractivity contribution is 5.94. The number of pyridine rings is 1. The summed E-state index contributed by atoms with van der Waals surface area (Å²) in [5.74, 6) is -0.411. The summed E-state index contributed by atoms with van der Waals surface area (Å²) in [6.07, 6.45) is 8.74. The molecule has 4 aromatic rings. The highest BCUT2D eigenvalue weighted by Gasteiger charge is 2.25. The van der Waals surface area contributed by atoms with Crippen LogP contribution in [0.4, 0.5) is 14.6 Å². The zero-order chi connectivity index (χ0) is 25.4. The van der Waals surface area contributed by atoms with Gasteiger partial charge in [-0.1, -0.05) is 26.8 Å². The van der Waals surface area contributed by atoms with Crippen molar-refractivity contribution in [2.75, 3.05) is 31.6 Å². The molecular formula is C28H32F2N6. The minimum atomic E-state index is -0.617. The van der Waals surface area contributed by atoms with Crippen molar-refractivity contribution in [1.82, 2.24) is 24.4 Å². The van der Waals surface area contributed by atoms with E-state index in [2.05, 4.69) is 33.7 Å². The summed E-state index contributed by atoms with van der Waals surface area (Å²) in [7, 11) is 2.08. The number of hydrogen-bond acceptors (Lipinski definition) is 5. The standard InChI is InChI=1S/C28H32F2N6/c1-5-35-12-10-20(11-13-35)34(4)25-9-8-24-27(33-25)22(19-14-31-17-32-15-19)16-36(24)28-23(29)7-6-21(18(2)3)26(28)30/h6-9,14-18,20H,5,10-13H2,1-4H3. The Hall–Kier alpha value is -3.39. The number of likely N-dealkylation sites (tertiary alicyclic amines) is 1. The Labute approximate surface area is 210 Å². The van der Waals surface area contributed by atoms with Crippen LogP contribution in [-0.4, -0.2) is 57.1 Å². The van der Waals surface area contributed by atoms with E-state index >= 15 is 8.78 Å². The average Bonchev–Trinajstić information content (AvgIpc) is 3.27. The molecule has 1 saturated heterocycles. The zero-order valence-corrected chi connectivity index (χ0v) is 21.2. The maximum Gasteiger partial charge on any atom is 0.153 e. The second kappa shape index (κ2) is 9.93. The van der Waals surface area contributed by atoms with Crippen molar-refractivity contribution >= 4 is 16.9 Å². The molecule has 188 valence electrons. The predicted molar refractivity (Wildman–Crippen MR) is 140 cm³/mol. The summed E-state index contributed by atoms with van der Waals surface area (Å²) in [5, 5.41) is 0. The first-order chi connectivity index (χ1) is 17.4. The Morgan fingerprint density at radius 3 is 2.44 bits per heavy atom. The molecule has 4 heterocycles. The van der Waals surface area contributed by atoms with E-state index in [0.29, 0.717) is 22.6 Å². The molecule has 0 unspecified atom stereocenters. The van der Waals surface area contributed by atoms with Crippen LogP contribution in [0.2, 0.25) is 0 Å². The molecule has 1 aliphatic rings. The van der Waals surface area contributed by atoms with E-state index in [4.69, 9.17) is 4.98 Å². The largest absolute Gasteiger partial charge is 0.357 e. The van der Waals surface area contributed by atoms with Crippen LogP contribution in [0.15, 0.2) is 49.2 Å². The normalized spacial score (nSPS) is 15.2. The second-order valence-corrected chi connectivity index (χ2v) is 9.81. The quantitative estimate of drug-likeness (QED) is 0.342. The summed E-state index contributed by atoms with van der Waals surface area (Å²) >= 11 is 0. The average molecular weight is 491 g/mol. The molecule has 0 atom stereocenters. The van der Waals surface area contributed by atoms with Gasteiger partial charge >= 0.3 is 0 Å². The van der Waals surface area contributed by atoms with E-state index in [1.54, 1.807) is 23.2 Å². The minimum Gasteiger partial charge on any atom is -0.357 e. The molecule has 0 N–H and O–H groups in total. The number of halogens is 2. The van der Waals surface area contributed by atoms with Crippen LogP contribution in [0, 0.1) is 11.6 Å². The molecule has 5 rings (SSSR count). The molecule has 8 heteroatoms. The number of anilines is 1. The van der Waals surface area contributed by atoms with Crippen molar-refractivity contribution in [3.05, 3.63) is 66.4 Å². The molecule has 0 amide bonds. The molecule has 0 radical (unpaired) electrons. The fraction of sp³-hybridized carbons (Fsp3) is 0.393. The number of fused-ring (bicyclic) bond motifs is 1. The molecule has 0 saturated carbocycles. The van der Waals surface area contributed by atoms with Crippen LogP contribution in [0.1, 0.15) is 45.1 Å². The Morgan fingerprint density at radius 1 is 1.06 bits per heavy atom.